The molecule has 0 fully saturated rings. The monoisotopic (exact) mass is 428 g/mol. The van der Waals surface area contributed by atoms with Crippen LogP contribution in [-0.2, 0) is 5.41 Å². The van der Waals surface area contributed by atoms with Crippen LogP contribution < -0.4 is 0 Å². The van der Waals surface area contributed by atoms with Gasteiger partial charge in [-0.2, -0.15) is 48.3 Å². The van der Waals surface area contributed by atoms with E-state index < -0.39 is 41.0 Å². The third-order valence-corrected chi connectivity index (χ3v) is 4.37. The second kappa shape index (κ2) is 5.99. The molecule has 2 aromatic rings. The van der Waals surface area contributed by atoms with E-state index in [1.54, 1.807) is 0 Å². The summed E-state index contributed by atoms with van der Waals surface area (Å²) >= 11 is 0. The highest BCUT2D eigenvalue weighted by molar-refractivity contribution is 5.78. The molecule has 1 heterocycles. The summed E-state index contributed by atoms with van der Waals surface area (Å²) in [6.45, 7) is 0.529. The quantitative estimate of drug-likeness (QED) is 0.477. The first kappa shape index (κ1) is 22.3. The van der Waals surface area contributed by atoms with Crippen molar-refractivity contribution < 1.29 is 52.7 Å². The summed E-state index contributed by atoms with van der Waals surface area (Å²) in [6, 6.07) is 6.06. The van der Waals surface area contributed by atoms with Gasteiger partial charge < -0.3 is 4.42 Å². The Kier molecular flexibility index (Phi) is 4.77. The predicted molar refractivity (Wildman–Crippen MR) is 75.1 cm³/mol. The van der Waals surface area contributed by atoms with Crippen LogP contribution in [0.1, 0.15) is 19.6 Å². The van der Waals surface area contributed by atoms with E-state index >= 15 is 0 Å². The number of hydrogen-bond acceptors (Lipinski definition) is 1. The van der Waals surface area contributed by atoms with E-state index in [1.807, 2.05) is 0 Å². The number of hydrogen-bond donors (Lipinski definition) is 0. The lowest BCUT2D eigenvalue weighted by atomic mass is 9.77. The van der Waals surface area contributed by atoms with Gasteiger partial charge >= 0.3 is 29.9 Å². The van der Waals surface area contributed by atoms with E-state index in [-0.39, 0.29) is 24.8 Å². The number of fused-ring (bicyclic) bond motifs is 1. The second-order valence-electron chi connectivity index (χ2n) is 6.57. The number of benzene rings is 1. The molecule has 0 spiro atoms. The van der Waals surface area contributed by atoms with Crippen LogP contribution in [-0.4, -0.2) is 29.9 Å². The molecule has 0 atom stereocenters. The molecule has 1 nitrogen and oxygen atoms in total. The van der Waals surface area contributed by atoms with Crippen LogP contribution in [0.3, 0.4) is 0 Å². The van der Waals surface area contributed by atoms with Crippen LogP contribution in [0, 0.1) is 0 Å². The highest BCUT2D eigenvalue weighted by atomic mass is 19.4. The van der Waals surface area contributed by atoms with Crippen molar-refractivity contribution in [1.82, 2.24) is 0 Å². The van der Waals surface area contributed by atoms with E-state index in [9.17, 15) is 48.3 Å². The Hall–Kier alpha value is -2.01. The van der Waals surface area contributed by atoms with E-state index in [1.165, 1.54) is 24.3 Å². The van der Waals surface area contributed by atoms with Crippen LogP contribution >= 0.6 is 0 Å². The Balaban J connectivity index is 2.61. The van der Waals surface area contributed by atoms with Gasteiger partial charge in [-0.1, -0.05) is 18.2 Å². The zero-order valence-electron chi connectivity index (χ0n) is 14.0. The maximum Gasteiger partial charge on any atom is 0.460 e. The minimum atomic E-state index is -7.45. The molecule has 0 aliphatic rings. The van der Waals surface area contributed by atoms with Crippen LogP contribution in [0.4, 0.5) is 48.3 Å². The number of alkyl halides is 11. The summed E-state index contributed by atoms with van der Waals surface area (Å²) < 4.78 is 151. The molecular formula is C16H11F11O. The molecule has 0 saturated heterocycles. The molecule has 1 aromatic carbocycles. The lowest BCUT2D eigenvalue weighted by Gasteiger charge is -2.42. The molecule has 0 saturated carbocycles. The topological polar surface area (TPSA) is 13.1 Å². The van der Waals surface area contributed by atoms with Crippen molar-refractivity contribution in [2.75, 3.05) is 0 Å². The molecule has 0 N–H and O–H groups in total. The number of furan rings is 1. The Morgan fingerprint density at radius 1 is 0.643 bits per heavy atom. The Labute approximate surface area is 150 Å². The van der Waals surface area contributed by atoms with Crippen molar-refractivity contribution in [3.8, 4) is 0 Å². The predicted octanol–water partition coefficient (Wildman–Crippen LogP) is 6.81. The zero-order chi connectivity index (χ0) is 22.0. The van der Waals surface area contributed by atoms with E-state index in [0.29, 0.717) is 0 Å². The summed E-state index contributed by atoms with van der Waals surface area (Å²) in [4.78, 5) is 0. The summed E-state index contributed by atoms with van der Waals surface area (Å²) in [5.41, 5.74) is -3.50. The number of rotatable bonds is 5. The number of halogens is 11. The highest BCUT2D eigenvalue weighted by Gasteiger charge is 2.89. The first-order chi connectivity index (χ1) is 12.3. The normalized spacial score (nSPS) is 15.3. The van der Waals surface area contributed by atoms with Crippen molar-refractivity contribution >= 4 is 11.0 Å². The average molecular weight is 428 g/mol. The zero-order valence-corrected chi connectivity index (χ0v) is 14.0. The van der Waals surface area contributed by atoms with Gasteiger partial charge in [0.25, 0.3) is 0 Å². The molecule has 0 radical (unpaired) electrons. The van der Waals surface area contributed by atoms with E-state index in [0.717, 1.165) is 6.07 Å². The maximum atomic E-state index is 14.4. The van der Waals surface area contributed by atoms with Gasteiger partial charge in [-0.25, -0.2) is 0 Å². The lowest BCUT2D eigenvalue weighted by molar-refractivity contribution is -0.428. The van der Waals surface area contributed by atoms with Crippen molar-refractivity contribution in [2.24, 2.45) is 0 Å². The van der Waals surface area contributed by atoms with Gasteiger partial charge in [0, 0.05) is 5.39 Å². The van der Waals surface area contributed by atoms with Crippen molar-refractivity contribution in [3.05, 3.63) is 36.1 Å². The van der Waals surface area contributed by atoms with Crippen LogP contribution in [0.25, 0.3) is 11.0 Å². The van der Waals surface area contributed by atoms with Crippen LogP contribution in [0.15, 0.2) is 34.7 Å². The van der Waals surface area contributed by atoms with Gasteiger partial charge in [0.15, 0.2) is 0 Å². The molecule has 2 rings (SSSR count). The largest absolute Gasteiger partial charge is 0.460 e. The van der Waals surface area contributed by atoms with Gasteiger partial charge in [-0.3, -0.25) is 0 Å². The molecule has 0 aliphatic heterocycles. The van der Waals surface area contributed by atoms with Gasteiger partial charge in [0.05, 0.1) is 5.41 Å². The van der Waals surface area contributed by atoms with Crippen molar-refractivity contribution in [2.45, 2.75) is 49.1 Å². The van der Waals surface area contributed by atoms with Crippen molar-refractivity contribution in [3.63, 3.8) is 0 Å². The standard InChI is InChI=1S/C16H11F11O/c1-11(2,10-7-8-5-3-4-6-9(8)28-10)12(17,18)13(19,20)14(21,22)15(23,24)16(25,26)27/h3-7H,1-2H3. The first-order valence-electron chi connectivity index (χ1n) is 7.39. The third kappa shape index (κ3) is 2.74. The Morgan fingerprint density at radius 3 is 1.57 bits per heavy atom. The summed E-state index contributed by atoms with van der Waals surface area (Å²) in [5.74, 6) is -29.1. The minimum Gasteiger partial charge on any atom is -0.460 e. The minimum absolute atomic E-state index is 0.0945. The Bertz CT molecular complexity index is 828. The fraction of sp³-hybridized carbons (Fsp3) is 0.500. The molecule has 12 heteroatoms. The average Bonchev–Trinajstić information content (AvgIpc) is 2.97. The molecule has 158 valence electrons. The molecule has 1 aromatic heterocycles. The van der Waals surface area contributed by atoms with Gasteiger partial charge in [0.2, 0.25) is 0 Å². The summed E-state index contributed by atoms with van der Waals surface area (Å²) in [6.07, 6.45) is -7.19. The van der Waals surface area contributed by atoms with E-state index in [4.69, 9.17) is 4.42 Å². The van der Waals surface area contributed by atoms with Crippen LogP contribution in [0.5, 0.6) is 0 Å². The summed E-state index contributed by atoms with van der Waals surface area (Å²) in [5, 5.41) is 0.0945. The van der Waals surface area contributed by atoms with Crippen LogP contribution in [0.2, 0.25) is 0 Å². The second-order valence-corrected chi connectivity index (χ2v) is 6.57. The molecule has 0 unspecified atom stereocenters. The summed E-state index contributed by atoms with van der Waals surface area (Å²) in [7, 11) is 0. The first-order valence-corrected chi connectivity index (χ1v) is 7.39. The fourth-order valence-corrected chi connectivity index (χ4v) is 2.41. The highest BCUT2D eigenvalue weighted by Crippen LogP contribution is 2.61. The number of para-hydroxylation sites is 1. The maximum absolute atomic E-state index is 14.4. The molecule has 0 amide bonds. The van der Waals surface area contributed by atoms with Gasteiger partial charge in [0.1, 0.15) is 11.3 Å². The molecule has 0 aliphatic carbocycles. The molecule has 28 heavy (non-hydrogen) atoms. The third-order valence-electron chi connectivity index (χ3n) is 4.37. The molecule has 0 bridgehead atoms. The smallest absolute Gasteiger partial charge is 0.460 e. The fourth-order valence-electron chi connectivity index (χ4n) is 2.41. The van der Waals surface area contributed by atoms with Gasteiger partial charge in [-0.15, -0.1) is 0 Å². The van der Waals surface area contributed by atoms with E-state index in [2.05, 4.69) is 0 Å². The Morgan fingerprint density at radius 2 is 1.11 bits per heavy atom. The van der Waals surface area contributed by atoms with Crippen molar-refractivity contribution in [1.29, 1.82) is 0 Å². The lowest BCUT2D eigenvalue weighted by Crippen LogP contribution is -2.69. The molecular weight excluding hydrogens is 417 g/mol. The SMILES string of the molecule is CC(C)(c1cc2ccccc2o1)C(F)(F)C(F)(F)C(F)(F)C(F)(F)C(F)(F)F. The van der Waals surface area contributed by atoms with Gasteiger partial charge in [-0.05, 0) is 26.0 Å².